The molecule has 0 spiro atoms. The van der Waals surface area contributed by atoms with Crippen LogP contribution in [0.3, 0.4) is 0 Å². The second kappa shape index (κ2) is 7.38. The van der Waals surface area contributed by atoms with Gasteiger partial charge < -0.3 is 10.0 Å². The van der Waals surface area contributed by atoms with Crippen molar-refractivity contribution in [3.8, 4) is 0 Å². The van der Waals surface area contributed by atoms with Crippen LogP contribution < -0.4 is 0 Å². The maximum Gasteiger partial charge on any atom is 0.272 e. The number of halogens is 1. The molecule has 1 aromatic carbocycles. The van der Waals surface area contributed by atoms with Crippen molar-refractivity contribution in [3.63, 3.8) is 0 Å². The van der Waals surface area contributed by atoms with Gasteiger partial charge in [-0.2, -0.15) is 0 Å². The number of nitrogens with zero attached hydrogens (tertiary/aromatic N) is 2. The molecule has 116 valence electrons. The normalized spacial score (nSPS) is 12.0. The molecule has 4 nitrogen and oxygen atoms in total. The highest BCUT2D eigenvalue weighted by atomic mass is 35.5. The third-order valence-electron chi connectivity index (χ3n) is 3.47. The third kappa shape index (κ3) is 4.06. The van der Waals surface area contributed by atoms with Crippen molar-refractivity contribution in [2.75, 3.05) is 13.1 Å². The van der Waals surface area contributed by atoms with Gasteiger partial charge in [0, 0.05) is 12.7 Å². The Bertz CT molecular complexity index is 626. The maximum atomic E-state index is 12.4. The second-order valence-corrected chi connectivity index (χ2v) is 5.57. The molecule has 2 rings (SSSR count). The summed E-state index contributed by atoms with van der Waals surface area (Å²) in [5.74, 6) is -0.217. The summed E-state index contributed by atoms with van der Waals surface area (Å²) in [7, 11) is 0. The Morgan fingerprint density at radius 2 is 1.95 bits per heavy atom. The predicted octanol–water partition coefficient (Wildman–Crippen LogP) is 3.24. The molecule has 0 unspecified atom stereocenters. The van der Waals surface area contributed by atoms with Crippen LogP contribution in [-0.2, 0) is 0 Å². The van der Waals surface area contributed by atoms with Crippen molar-refractivity contribution in [2.45, 2.75) is 20.0 Å². The van der Waals surface area contributed by atoms with Crippen LogP contribution in [0, 0.1) is 6.92 Å². The van der Waals surface area contributed by atoms with Gasteiger partial charge in [-0.1, -0.05) is 41.4 Å². The number of aliphatic hydroxyl groups is 1. The molecule has 0 aliphatic carbocycles. The minimum absolute atomic E-state index is 0.217. The Morgan fingerprint density at radius 1 is 1.27 bits per heavy atom. The van der Waals surface area contributed by atoms with E-state index in [-0.39, 0.29) is 12.5 Å². The Morgan fingerprint density at radius 3 is 2.50 bits per heavy atom. The van der Waals surface area contributed by atoms with E-state index in [9.17, 15) is 9.90 Å². The summed E-state index contributed by atoms with van der Waals surface area (Å²) in [6.45, 7) is 4.58. The topological polar surface area (TPSA) is 53.4 Å². The van der Waals surface area contributed by atoms with Gasteiger partial charge >= 0.3 is 0 Å². The first kappa shape index (κ1) is 16.5. The largest absolute Gasteiger partial charge is 0.387 e. The average Bonchev–Trinajstić information content (AvgIpc) is 2.53. The number of rotatable bonds is 5. The molecule has 1 amide bonds. The zero-order valence-corrected chi connectivity index (χ0v) is 13.4. The fourth-order valence-corrected chi connectivity index (χ4v) is 2.23. The van der Waals surface area contributed by atoms with Gasteiger partial charge in [-0.05, 0) is 31.5 Å². The van der Waals surface area contributed by atoms with E-state index in [0.717, 1.165) is 11.1 Å². The summed E-state index contributed by atoms with van der Waals surface area (Å²) in [6.07, 6.45) is 0.718. The van der Waals surface area contributed by atoms with Crippen molar-refractivity contribution >= 4 is 17.5 Å². The fourth-order valence-electron chi connectivity index (χ4n) is 2.12. The lowest BCUT2D eigenvalue weighted by atomic mass is 10.1. The Balaban J connectivity index is 2.09. The zero-order chi connectivity index (χ0) is 16.1. The van der Waals surface area contributed by atoms with Crippen molar-refractivity contribution < 1.29 is 9.90 Å². The SMILES string of the molecule is CCN(C[C@@H](O)c1ccc(C)cc1)C(=O)c1ccc(Cl)cn1. The van der Waals surface area contributed by atoms with E-state index in [4.69, 9.17) is 11.6 Å². The average molecular weight is 319 g/mol. The van der Waals surface area contributed by atoms with Gasteiger partial charge in [0.15, 0.2) is 0 Å². The van der Waals surface area contributed by atoms with E-state index in [0.29, 0.717) is 17.3 Å². The number of hydrogen-bond acceptors (Lipinski definition) is 3. The highest BCUT2D eigenvalue weighted by molar-refractivity contribution is 6.30. The summed E-state index contributed by atoms with van der Waals surface area (Å²) in [6, 6.07) is 10.9. The number of likely N-dealkylation sites (N-methyl/N-ethyl adjacent to an activating group) is 1. The minimum Gasteiger partial charge on any atom is -0.387 e. The lowest BCUT2D eigenvalue weighted by molar-refractivity contribution is 0.0629. The van der Waals surface area contributed by atoms with Gasteiger partial charge in [0.1, 0.15) is 5.69 Å². The highest BCUT2D eigenvalue weighted by Crippen LogP contribution is 2.16. The number of pyridine rings is 1. The predicted molar refractivity (Wildman–Crippen MR) is 87.0 cm³/mol. The molecule has 0 aliphatic rings. The molecule has 0 radical (unpaired) electrons. The van der Waals surface area contributed by atoms with Crippen molar-refractivity contribution in [1.82, 2.24) is 9.88 Å². The van der Waals surface area contributed by atoms with Gasteiger partial charge in [0.25, 0.3) is 5.91 Å². The third-order valence-corrected chi connectivity index (χ3v) is 3.69. The number of aromatic nitrogens is 1. The molecule has 1 heterocycles. The molecule has 5 heteroatoms. The minimum atomic E-state index is -0.725. The van der Waals surface area contributed by atoms with Crippen molar-refractivity contribution in [2.24, 2.45) is 0 Å². The number of benzene rings is 1. The summed E-state index contributed by atoms with van der Waals surface area (Å²) in [5.41, 5.74) is 2.24. The summed E-state index contributed by atoms with van der Waals surface area (Å²) < 4.78 is 0. The quantitative estimate of drug-likeness (QED) is 0.920. The Kier molecular flexibility index (Phi) is 5.52. The van der Waals surface area contributed by atoms with Crippen LogP contribution >= 0.6 is 11.6 Å². The number of carbonyl (C=O) groups is 1. The molecule has 0 bridgehead atoms. The monoisotopic (exact) mass is 318 g/mol. The van der Waals surface area contributed by atoms with Crippen LogP contribution in [0.15, 0.2) is 42.6 Å². The molecule has 0 aliphatic heterocycles. The summed E-state index contributed by atoms with van der Waals surface area (Å²) >= 11 is 5.78. The molecule has 0 saturated carbocycles. The van der Waals surface area contributed by atoms with Gasteiger partial charge in [0.2, 0.25) is 0 Å². The van der Waals surface area contributed by atoms with Crippen LogP contribution in [0.1, 0.15) is 34.6 Å². The molecule has 2 aromatic rings. The standard InChI is InChI=1S/C17H19ClN2O2/c1-3-20(17(22)15-9-8-14(18)10-19-15)11-16(21)13-6-4-12(2)5-7-13/h4-10,16,21H,3,11H2,1-2H3/t16-/m1/s1. The number of aliphatic hydroxyl groups excluding tert-OH is 1. The van der Waals surface area contributed by atoms with E-state index in [1.54, 1.807) is 17.0 Å². The molecule has 1 atom stereocenters. The van der Waals surface area contributed by atoms with Crippen molar-refractivity contribution in [3.05, 3.63) is 64.4 Å². The van der Waals surface area contributed by atoms with Gasteiger partial charge in [-0.3, -0.25) is 4.79 Å². The Hall–Kier alpha value is -1.91. The van der Waals surface area contributed by atoms with E-state index in [1.165, 1.54) is 6.20 Å². The number of hydrogen-bond donors (Lipinski definition) is 1. The number of amides is 1. The van der Waals surface area contributed by atoms with E-state index < -0.39 is 6.10 Å². The lowest BCUT2D eigenvalue weighted by Gasteiger charge is -2.24. The Labute approximate surface area is 135 Å². The van der Waals surface area contributed by atoms with Crippen LogP contribution in [0.5, 0.6) is 0 Å². The second-order valence-electron chi connectivity index (χ2n) is 5.13. The zero-order valence-electron chi connectivity index (χ0n) is 12.7. The summed E-state index contributed by atoms with van der Waals surface area (Å²) in [5, 5.41) is 10.8. The molecular weight excluding hydrogens is 300 g/mol. The molecule has 0 saturated heterocycles. The van der Waals surface area contributed by atoms with Crippen molar-refractivity contribution in [1.29, 1.82) is 0 Å². The maximum absolute atomic E-state index is 12.4. The lowest BCUT2D eigenvalue weighted by Crippen LogP contribution is -2.35. The van der Waals surface area contributed by atoms with Crippen LogP contribution in [0.25, 0.3) is 0 Å². The fraction of sp³-hybridized carbons (Fsp3) is 0.294. The van der Waals surface area contributed by atoms with Crippen LogP contribution in [0.4, 0.5) is 0 Å². The molecule has 0 fully saturated rings. The van der Waals surface area contributed by atoms with Gasteiger partial charge in [-0.15, -0.1) is 0 Å². The van der Waals surface area contributed by atoms with Crippen LogP contribution in [-0.4, -0.2) is 34.0 Å². The van der Waals surface area contributed by atoms with E-state index in [1.807, 2.05) is 38.1 Å². The van der Waals surface area contributed by atoms with E-state index in [2.05, 4.69) is 4.98 Å². The number of carbonyl (C=O) groups excluding carboxylic acids is 1. The first-order valence-electron chi connectivity index (χ1n) is 7.16. The molecule has 22 heavy (non-hydrogen) atoms. The molecule has 1 aromatic heterocycles. The first-order chi connectivity index (χ1) is 10.5. The highest BCUT2D eigenvalue weighted by Gasteiger charge is 2.19. The van der Waals surface area contributed by atoms with Gasteiger partial charge in [-0.25, -0.2) is 4.98 Å². The van der Waals surface area contributed by atoms with Crippen LogP contribution in [0.2, 0.25) is 5.02 Å². The van der Waals surface area contributed by atoms with E-state index >= 15 is 0 Å². The molecule has 1 N–H and O–H groups in total. The number of aryl methyl sites for hydroxylation is 1. The molecular formula is C17H19ClN2O2. The smallest absolute Gasteiger partial charge is 0.272 e. The van der Waals surface area contributed by atoms with Gasteiger partial charge in [0.05, 0.1) is 17.7 Å². The summed E-state index contributed by atoms with van der Waals surface area (Å²) in [4.78, 5) is 18.0. The first-order valence-corrected chi connectivity index (χ1v) is 7.54.